The maximum atomic E-state index is 6.32. The van der Waals surface area contributed by atoms with Gasteiger partial charge >= 0.3 is 0 Å². The van der Waals surface area contributed by atoms with Gasteiger partial charge in [0.2, 0.25) is 0 Å². The van der Waals surface area contributed by atoms with E-state index in [1.165, 1.54) is 0 Å². The number of hydrogen-bond acceptors (Lipinski definition) is 3. The standard InChI is InChI=1S/C16H17Br2NO2/c1-20-7-8-21-15-6-5-12(10-14(15)18)16(19)11-3-2-4-13(17)9-11/h2-6,9-10,16H,7-8,19H2,1H3. The molecule has 1 atom stereocenters. The van der Waals surface area contributed by atoms with Gasteiger partial charge in [0, 0.05) is 11.6 Å². The van der Waals surface area contributed by atoms with Crippen LogP contribution < -0.4 is 10.5 Å². The zero-order chi connectivity index (χ0) is 15.2. The van der Waals surface area contributed by atoms with Gasteiger partial charge in [0.1, 0.15) is 12.4 Å². The van der Waals surface area contributed by atoms with Crippen LogP contribution in [-0.4, -0.2) is 20.3 Å². The molecule has 5 heteroatoms. The first-order valence-corrected chi connectivity index (χ1v) is 8.12. The number of methoxy groups -OCH3 is 1. The van der Waals surface area contributed by atoms with Gasteiger partial charge in [0.25, 0.3) is 0 Å². The molecule has 0 heterocycles. The SMILES string of the molecule is COCCOc1ccc(C(N)c2cccc(Br)c2)cc1Br. The predicted molar refractivity (Wildman–Crippen MR) is 91.7 cm³/mol. The lowest BCUT2D eigenvalue weighted by atomic mass is 10.00. The maximum Gasteiger partial charge on any atom is 0.133 e. The Kier molecular flexibility index (Phi) is 6.23. The van der Waals surface area contributed by atoms with Crippen LogP contribution in [0.3, 0.4) is 0 Å². The van der Waals surface area contributed by atoms with E-state index in [0.717, 1.165) is 25.8 Å². The van der Waals surface area contributed by atoms with E-state index in [9.17, 15) is 0 Å². The summed E-state index contributed by atoms with van der Waals surface area (Å²) in [5.41, 5.74) is 8.41. The fourth-order valence-electron chi connectivity index (χ4n) is 1.96. The summed E-state index contributed by atoms with van der Waals surface area (Å²) in [6, 6.07) is 13.7. The molecule has 0 aliphatic carbocycles. The van der Waals surface area contributed by atoms with Crippen molar-refractivity contribution in [3.63, 3.8) is 0 Å². The Labute approximate surface area is 141 Å². The van der Waals surface area contributed by atoms with Gasteiger partial charge in [-0.1, -0.05) is 34.1 Å². The average molecular weight is 415 g/mol. The maximum absolute atomic E-state index is 6.32. The van der Waals surface area contributed by atoms with E-state index in [1.54, 1.807) is 7.11 Å². The lowest BCUT2D eigenvalue weighted by Crippen LogP contribution is -2.12. The van der Waals surface area contributed by atoms with Crippen LogP contribution in [0.15, 0.2) is 51.4 Å². The first-order chi connectivity index (χ1) is 10.1. The van der Waals surface area contributed by atoms with Crippen molar-refractivity contribution in [1.82, 2.24) is 0 Å². The molecule has 3 nitrogen and oxygen atoms in total. The molecule has 1 unspecified atom stereocenters. The highest BCUT2D eigenvalue weighted by Crippen LogP contribution is 2.30. The molecule has 0 aliphatic rings. The van der Waals surface area contributed by atoms with Crippen molar-refractivity contribution in [1.29, 1.82) is 0 Å². The number of rotatable bonds is 6. The normalized spacial score (nSPS) is 12.2. The molecular weight excluding hydrogens is 398 g/mol. The van der Waals surface area contributed by atoms with Crippen LogP contribution in [-0.2, 0) is 4.74 Å². The summed E-state index contributed by atoms with van der Waals surface area (Å²) in [5.74, 6) is 0.789. The highest BCUT2D eigenvalue weighted by atomic mass is 79.9. The van der Waals surface area contributed by atoms with Gasteiger partial charge in [0.05, 0.1) is 17.1 Å². The minimum absolute atomic E-state index is 0.174. The van der Waals surface area contributed by atoms with Crippen LogP contribution in [0.25, 0.3) is 0 Å². The summed E-state index contributed by atoms with van der Waals surface area (Å²) in [5, 5.41) is 0. The monoisotopic (exact) mass is 413 g/mol. The number of ether oxygens (including phenoxy) is 2. The third-order valence-corrected chi connectivity index (χ3v) is 4.18. The van der Waals surface area contributed by atoms with Crippen molar-refractivity contribution >= 4 is 31.9 Å². The predicted octanol–water partition coefficient (Wildman–Crippen LogP) is 4.28. The quantitative estimate of drug-likeness (QED) is 0.717. The summed E-state index contributed by atoms with van der Waals surface area (Å²) < 4.78 is 12.5. The van der Waals surface area contributed by atoms with Crippen LogP contribution in [0.1, 0.15) is 17.2 Å². The largest absolute Gasteiger partial charge is 0.490 e. The minimum Gasteiger partial charge on any atom is -0.490 e. The van der Waals surface area contributed by atoms with E-state index < -0.39 is 0 Å². The van der Waals surface area contributed by atoms with Gasteiger partial charge in [-0.25, -0.2) is 0 Å². The zero-order valence-electron chi connectivity index (χ0n) is 11.7. The van der Waals surface area contributed by atoms with E-state index in [2.05, 4.69) is 31.9 Å². The highest BCUT2D eigenvalue weighted by molar-refractivity contribution is 9.10. The minimum atomic E-state index is -0.174. The molecule has 21 heavy (non-hydrogen) atoms. The van der Waals surface area contributed by atoms with Gasteiger partial charge in [-0.2, -0.15) is 0 Å². The molecule has 2 aromatic carbocycles. The van der Waals surface area contributed by atoms with Crippen molar-refractivity contribution < 1.29 is 9.47 Å². The summed E-state index contributed by atoms with van der Waals surface area (Å²) in [4.78, 5) is 0. The van der Waals surface area contributed by atoms with Crippen molar-refractivity contribution in [2.24, 2.45) is 5.73 Å². The summed E-state index contributed by atoms with van der Waals surface area (Å²) in [7, 11) is 1.65. The highest BCUT2D eigenvalue weighted by Gasteiger charge is 2.11. The third-order valence-electron chi connectivity index (χ3n) is 3.07. The smallest absolute Gasteiger partial charge is 0.133 e. The first-order valence-electron chi connectivity index (χ1n) is 6.54. The van der Waals surface area contributed by atoms with Crippen LogP contribution in [0.5, 0.6) is 5.75 Å². The van der Waals surface area contributed by atoms with Gasteiger partial charge in [-0.3, -0.25) is 0 Å². The Balaban J connectivity index is 2.15. The van der Waals surface area contributed by atoms with E-state index in [4.69, 9.17) is 15.2 Å². The average Bonchev–Trinajstić information content (AvgIpc) is 2.48. The molecule has 0 bridgehead atoms. The first kappa shape index (κ1) is 16.5. The third kappa shape index (κ3) is 4.54. The van der Waals surface area contributed by atoms with Crippen molar-refractivity contribution in [3.8, 4) is 5.75 Å². The van der Waals surface area contributed by atoms with E-state index in [1.807, 2.05) is 42.5 Å². The van der Waals surface area contributed by atoms with Crippen molar-refractivity contribution in [3.05, 3.63) is 62.5 Å². The number of benzene rings is 2. The lowest BCUT2D eigenvalue weighted by molar-refractivity contribution is 0.146. The summed E-state index contributed by atoms with van der Waals surface area (Å²) in [6.45, 7) is 1.08. The second-order valence-electron chi connectivity index (χ2n) is 4.56. The Morgan fingerprint density at radius 3 is 2.48 bits per heavy atom. The summed E-state index contributed by atoms with van der Waals surface area (Å²) >= 11 is 6.99. The molecule has 2 aromatic rings. The van der Waals surface area contributed by atoms with Gasteiger partial charge < -0.3 is 15.2 Å². The Morgan fingerprint density at radius 2 is 1.81 bits per heavy atom. The van der Waals surface area contributed by atoms with Crippen LogP contribution in [0, 0.1) is 0 Å². The molecule has 2 N–H and O–H groups in total. The Morgan fingerprint density at radius 1 is 1.05 bits per heavy atom. The molecule has 0 spiro atoms. The van der Waals surface area contributed by atoms with E-state index >= 15 is 0 Å². The van der Waals surface area contributed by atoms with E-state index in [-0.39, 0.29) is 6.04 Å². The van der Waals surface area contributed by atoms with Gasteiger partial charge in [0.15, 0.2) is 0 Å². The van der Waals surface area contributed by atoms with Crippen LogP contribution >= 0.6 is 31.9 Å². The second kappa shape index (κ2) is 7.94. The molecule has 0 radical (unpaired) electrons. The van der Waals surface area contributed by atoms with Crippen LogP contribution in [0.2, 0.25) is 0 Å². The topological polar surface area (TPSA) is 44.5 Å². The molecule has 0 fully saturated rings. The fourth-order valence-corrected chi connectivity index (χ4v) is 2.88. The lowest BCUT2D eigenvalue weighted by Gasteiger charge is -2.15. The number of nitrogens with two attached hydrogens (primary N) is 1. The second-order valence-corrected chi connectivity index (χ2v) is 6.33. The molecule has 0 saturated heterocycles. The van der Waals surface area contributed by atoms with Crippen LogP contribution in [0.4, 0.5) is 0 Å². The molecule has 112 valence electrons. The van der Waals surface area contributed by atoms with Gasteiger partial charge in [-0.15, -0.1) is 0 Å². The van der Waals surface area contributed by atoms with Crippen molar-refractivity contribution in [2.45, 2.75) is 6.04 Å². The Bertz CT molecular complexity index is 605. The summed E-state index contributed by atoms with van der Waals surface area (Å²) in [6.07, 6.45) is 0. The number of halogens is 2. The number of hydrogen-bond donors (Lipinski definition) is 1. The van der Waals surface area contributed by atoms with E-state index in [0.29, 0.717) is 13.2 Å². The van der Waals surface area contributed by atoms with Gasteiger partial charge in [-0.05, 0) is 51.3 Å². The van der Waals surface area contributed by atoms with Crippen molar-refractivity contribution in [2.75, 3.05) is 20.3 Å². The molecule has 0 aromatic heterocycles. The fraction of sp³-hybridized carbons (Fsp3) is 0.250. The molecular formula is C16H17Br2NO2. The zero-order valence-corrected chi connectivity index (χ0v) is 14.9. The Hall–Kier alpha value is -0.880. The molecule has 0 amide bonds. The molecule has 0 saturated carbocycles. The molecule has 0 aliphatic heterocycles. The molecule has 2 rings (SSSR count).